The maximum absolute atomic E-state index is 12.2. The van der Waals surface area contributed by atoms with Crippen LogP contribution in [0.15, 0.2) is 42.5 Å². The maximum Gasteiger partial charge on any atom is 0.240 e. The molecule has 1 aliphatic carbocycles. The molecule has 20 heavy (non-hydrogen) atoms. The number of carbonyl (C=O) groups excluding carboxylic acids is 1. The Morgan fingerprint density at radius 3 is 2.60 bits per heavy atom. The van der Waals surface area contributed by atoms with Crippen LogP contribution in [0.5, 0.6) is 0 Å². The fraction of sp³-hybridized carbons (Fsp3) is 0.353. The van der Waals surface area contributed by atoms with Gasteiger partial charge < -0.3 is 11.1 Å². The molecular formula is C17H20N2O. The normalized spacial score (nSPS) is 17.2. The monoisotopic (exact) mass is 268 g/mol. The van der Waals surface area contributed by atoms with Crippen molar-refractivity contribution in [3.05, 3.63) is 48.0 Å². The van der Waals surface area contributed by atoms with Gasteiger partial charge in [0.2, 0.25) is 5.91 Å². The molecule has 0 aromatic heterocycles. The van der Waals surface area contributed by atoms with Crippen molar-refractivity contribution in [2.45, 2.75) is 37.8 Å². The Kier molecular flexibility index (Phi) is 3.45. The molecule has 1 amide bonds. The fourth-order valence-corrected chi connectivity index (χ4v) is 3.03. The summed E-state index contributed by atoms with van der Waals surface area (Å²) in [5.41, 5.74) is 6.66. The summed E-state index contributed by atoms with van der Waals surface area (Å²) in [6.07, 6.45) is 3.71. The molecule has 0 bridgehead atoms. The minimum Gasteiger partial charge on any atom is -0.350 e. The van der Waals surface area contributed by atoms with Gasteiger partial charge in [0.1, 0.15) is 0 Å². The zero-order valence-electron chi connectivity index (χ0n) is 11.6. The number of carbonyl (C=O) groups is 1. The highest BCUT2D eigenvalue weighted by atomic mass is 16.2. The van der Waals surface area contributed by atoms with E-state index in [1.807, 2.05) is 18.2 Å². The molecule has 1 saturated carbocycles. The van der Waals surface area contributed by atoms with Gasteiger partial charge in [-0.3, -0.25) is 4.79 Å². The molecule has 0 spiro atoms. The van der Waals surface area contributed by atoms with E-state index in [0.29, 0.717) is 6.54 Å². The molecule has 3 rings (SSSR count). The van der Waals surface area contributed by atoms with Gasteiger partial charge in [-0.2, -0.15) is 0 Å². The van der Waals surface area contributed by atoms with Crippen LogP contribution in [0.25, 0.3) is 10.8 Å². The molecule has 104 valence electrons. The molecule has 1 aliphatic rings. The Bertz CT molecular complexity index is 624. The van der Waals surface area contributed by atoms with Crippen molar-refractivity contribution in [2.24, 2.45) is 5.73 Å². The van der Waals surface area contributed by atoms with Crippen LogP contribution < -0.4 is 11.1 Å². The Balaban J connectivity index is 1.76. The van der Waals surface area contributed by atoms with Crippen LogP contribution in [0.2, 0.25) is 0 Å². The lowest BCUT2D eigenvalue weighted by Crippen LogP contribution is -2.51. The van der Waals surface area contributed by atoms with Crippen molar-refractivity contribution in [2.75, 3.05) is 0 Å². The lowest BCUT2D eigenvalue weighted by molar-refractivity contribution is -0.126. The summed E-state index contributed by atoms with van der Waals surface area (Å²) in [7, 11) is 0. The molecule has 2 aromatic rings. The van der Waals surface area contributed by atoms with Crippen LogP contribution in [0.3, 0.4) is 0 Å². The van der Waals surface area contributed by atoms with Crippen molar-refractivity contribution in [3.8, 4) is 0 Å². The van der Waals surface area contributed by atoms with Gasteiger partial charge in [-0.25, -0.2) is 0 Å². The molecule has 1 fully saturated rings. The Morgan fingerprint density at radius 2 is 1.80 bits per heavy atom. The zero-order valence-corrected chi connectivity index (χ0v) is 11.6. The Morgan fingerprint density at radius 1 is 1.10 bits per heavy atom. The van der Waals surface area contributed by atoms with Gasteiger partial charge in [0.15, 0.2) is 0 Å². The van der Waals surface area contributed by atoms with E-state index in [0.717, 1.165) is 31.2 Å². The first kappa shape index (κ1) is 13.1. The second kappa shape index (κ2) is 5.25. The first-order valence-electron chi connectivity index (χ1n) is 7.23. The van der Waals surface area contributed by atoms with E-state index in [1.54, 1.807) is 0 Å². The van der Waals surface area contributed by atoms with E-state index >= 15 is 0 Å². The predicted molar refractivity (Wildman–Crippen MR) is 81.2 cm³/mol. The van der Waals surface area contributed by atoms with Crippen LogP contribution in [0.1, 0.15) is 31.2 Å². The van der Waals surface area contributed by atoms with Crippen molar-refractivity contribution >= 4 is 16.7 Å². The second-order valence-corrected chi connectivity index (χ2v) is 5.68. The standard InChI is InChI=1S/C17H20N2O/c18-17(10-3-4-11-17)16(20)19-12-14-8-5-7-13-6-1-2-9-15(13)14/h1-2,5-9H,3-4,10-12,18H2,(H,19,20). The molecule has 0 heterocycles. The van der Waals surface area contributed by atoms with Crippen molar-refractivity contribution < 1.29 is 4.79 Å². The predicted octanol–water partition coefficient (Wildman–Crippen LogP) is 2.73. The summed E-state index contributed by atoms with van der Waals surface area (Å²) < 4.78 is 0. The van der Waals surface area contributed by atoms with E-state index < -0.39 is 5.54 Å². The molecule has 0 saturated heterocycles. The number of fused-ring (bicyclic) bond motifs is 1. The summed E-state index contributed by atoms with van der Waals surface area (Å²) in [6.45, 7) is 0.541. The summed E-state index contributed by atoms with van der Waals surface area (Å²) in [5, 5.41) is 5.39. The van der Waals surface area contributed by atoms with Crippen molar-refractivity contribution in [1.29, 1.82) is 0 Å². The van der Waals surface area contributed by atoms with E-state index in [1.165, 1.54) is 10.8 Å². The lowest BCUT2D eigenvalue weighted by atomic mass is 9.97. The SMILES string of the molecule is NC1(C(=O)NCc2cccc3ccccc23)CCCC1. The minimum absolute atomic E-state index is 0.0112. The quantitative estimate of drug-likeness (QED) is 0.899. The van der Waals surface area contributed by atoms with Gasteiger partial charge in [-0.15, -0.1) is 0 Å². The third kappa shape index (κ3) is 2.41. The Hall–Kier alpha value is -1.87. The number of amides is 1. The third-order valence-electron chi connectivity index (χ3n) is 4.27. The number of nitrogens with one attached hydrogen (secondary N) is 1. The number of benzene rings is 2. The van der Waals surface area contributed by atoms with E-state index in [4.69, 9.17) is 5.73 Å². The maximum atomic E-state index is 12.2. The molecule has 2 aromatic carbocycles. The van der Waals surface area contributed by atoms with Crippen molar-refractivity contribution in [3.63, 3.8) is 0 Å². The van der Waals surface area contributed by atoms with Gasteiger partial charge in [-0.1, -0.05) is 55.3 Å². The highest BCUT2D eigenvalue weighted by Gasteiger charge is 2.36. The molecule has 0 aliphatic heterocycles. The number of hydrogen-bond donors (Lipinski definition) is 2. The number of rotatable bonds is 3. The minimum atomic E-state index is -0.648. The average molecular weight is 268 g/mol. The topological polar surface area (TPSA) is 55.1 Å². The molecule has 0 radical (unpaired) electrons. The summed E-state index contributed by atoms with van der Waals surface area (Å²) in [6, 6.07) is 14.4. The Labute approximate surface area is 119 Å². The van der Waals surface area contributed by atoms with Crippen LogP contribution in [0.4, 0.5) is 0 Å². The molecular weight excluding hydrogens is 248 g/mol. The van der Waals surface area contributed by atoms with E-state index in [-0.39, 0.29) is 5.91 Å². The van der Waals surface area contributed by atoms with Gasteiger partial charge in [-0.05, 0) is 29.2 Å². The third-order valence-corrected chi connectivity index (χ3v) is 4.27. The molecule has 3 heteroatoms. The van der Waals surface area contributed by atoms with E-state index in [2.05, 4.69) is 29.6 Å². The fourth-order valence-electron chi connectivity index (χ4n) is 3.03. The second-order valence-electron chi connectivity index (χ2n) is 5.68. The molecule has 3 nitrogen and oxygen atoms in total. The number of hydrogen-bond acceptors (Lipinski definition) is 2. The van der Waals surface area contributed by atoms with Crippen molar-refractivity contribution in [1.82, 2.24) is 5.32 Å². The largest absolute Gasteiger partial charge is 0.350 e. The van der Waals surface area contributed by atoms with Gasteiger partial charge in [0, 0.05) is 6.54 Å². The molecule has 3 N–H and O–H groups in total. The summed E-state index contributed by atoms with van der Waals surface area (Å²) in [4.78, 5) is 12.2. The summed E-state index contributed by atoms with van der Waals surface area (Å²) in [5.74, 6) is -0.0112. The van der Waals surface area contributed by atoms with Gasteiger partial charge >= 0.3 is 0 Å². The smallest absolute Gasteiger partial charge is 0.240 e. The number of nitrogens with two attached hydrogens (primary N) is 1. The first-order valence-corrected chi connectivity index (χ1v) is 7.23. The van der Waals surface area contributed by atoms with Crippen LogP contribution in [-0.4, -0.2) is 11.4 Å². The van der Waals surface area contributed by atoms with Gasteiger partial charge in [0.25, 0.3) is 0 Å². The average Bonchev–Trinajstić information content (AvgIpc) is 2.93. The first-order chi connectivity index (χ1) is 9.69. The van der Waals surface area contributed by atoms with Crippen LogP contribution in [0, 0.1) is 0 Å². The zero-order chi connectivity index (χ0) is 14.0. The van der Waals surface area contributed by atoms with Crippen LogP contribution >= 0.6 is 0 Å². The molecule has 0 atom stereocenters. The van der Waals surface area contributed by atoms with E-state index in [9.17, 15) is 4.79 Å². The molecule has 0 unspecified atom stereocenters. The van der Waals surface area contributed by atoms with Crippen LogP contribution in [-0.2, 0) is 11.3 Å². The lowest BCUT2D eigenvalue weighted by Gasteiger charge is -2.22. The highest BCUT2D eigenvalue weighted by Crippen LogP contribution is 2.27. The summed E-state index contributed by atoms with van der Waals surface area (Å²) >= 11 is 0. The highest BCUT2D eigenvalue weighted by molar-refractivity contribution is 5.88. The van der Waals surface area contributed by atoms with Gasteiger partial charge in [0.05, 0.1) is 5.54 Å².